The first-order valence-corrected chi connectivity index (χ1v) is 5.68. The molecular weight excluding hydrogens is 240 g/mol. The minimum absolute atomic E-state index is 0.175. The number of nitriles is 1. The average molecular weight is 252 g/mol. The van der Waals surface area contributed by atoms with Crippen LogP contribution in [0, 0.1) is 11.3 Å². The molecule has 0 aliphatic heterocycles. The second-order valence-electron chi connectivity index (χ2n) is 3.65. The maximum atomic E-state index is 9.08. The van der Waals surface area contributed by atoms with Crippen LogP contribution in [0.4, 0.5) is 0 Å². The van der Waals surface area contributed by atoms with Gasteiger partial charge in [0.1, 0.15) is 24.7 Å². The zero-order chi connectivity index (χ0) is 13.5. The summed E-state index contributed by atoms with van der Waals surface area (Å²) in [4.78, 5) is 4.66. The van der Waals surface area contributed by atoms with Gasteiger partial charge >= 0.3 is 0 Å². The van der Waals surface area contributed by atoms with E-state index in [0.29, 0.717) is 17.1 Å². The summed E-state index contributed by atoms with van der Waals surface area (Å²) in [7, 11) is 1.40. The van der Waals surface area contributed by atoms with E-state index in [1.807, 2.05) is 48.5 Å². The molecule has 0 radical (unpaired) electrons. The summed E-state index contributed by atoms with van der Waals surface area (Å²) in [5.41, 5.74) is 0.768. The molecule has 2 aromatic carbocycles. The lowest BCUT2D eigenvalue weighted by Gasteiger charge is -2.09. The van der Waals surface area contributed by atoms with Gasteiger partial charge in [-0.3, -0.25) is 0 Å². The summed E-state index contributed by atoms with van der Waals surface area (Å²) in [5.74, 6) is 1.26. The fourth-order valence-corrected chi connectivity index (χ4v) is 1.59. The summed E-state index contributed by atoms with van der Waals surface area (Å²) >= 11 is 0. The van der Waals surface area contributed by atoms with Crippen LogP contribution in [0.1, 0.15) is 5.56 Å². The largest absolute Gasteiger partial charge is 0.457 e. The zero-order valence-corrected chi connectivity index (χ0v) is 10.4. The van der Waals surface area contributed by atoms with Crippen molar-refractivity contribution < 1.29 is 9.57 Å². The van der Waals surface area contributed by atoms with Gasteiger partial charge in [-0.15, -0.1) is 0 Å². The molecule has 0 spiro atoms. The van der Waals surface area contributed by atoms with Crippen LogP contribution in [0.2, 0.25) is 0 Å². The van der Waals surface area contributed by atoms with Crippen molar-refractivity contribution in [3.8, 4) is 17.6 Å². The molecule has 2 rings (SSSR count). The molecule has 0 heterocycles. The lowest BCUT2D eigenvalue weighted by Crippen LogP contribution is -2.01. The van der Waals surface area contributed by atoms with Crippen molar-refractivity contribution >= 4 is 5.71 Å². The fourth-order valence-electron chi connectivity index (χ4n) is 1.59. The minimum atomic E-state index is 0.175. The van der Waals surface area contributed by atoms with Gasteiger partial charge in [0.25, 0.3) is 0 Å². The van der Waals surface area contributed by atoms with Crippen molar-refractivity contribution in [1.29, 1.82) is 5.26 Å². The van der Waals surface area contributed by atoms with Gasteiger partial charge in [-0.25, -0.2) is 0 Å². The van der Waals surface area contributed by atoms with Crippen molar-refractivity contribution in [2.75, 3.05) is 7.11 Å². The molecule has 0 N–H and O–H groups in total. The Kier molecular flexibility index (Phi) is 4.14. The molecule has 0 saturated carbocycles. The maximum absolute atomic E-state index is 9.08. The molecule has 0 aliphatic rings. The van der Waals surface area contributed by atoms with Crippen molar-refractivity contribution in [2.24, 2.45) is 5.16 Å². The van der Waals surface area contributed by atoms with Gasteiger partial charge in [0, 0.05) is 0 Å². The third kappa shape index (κ3) is 3.11. The van der Waals surface area contributed by atoms with Crippen LogP contribution in [0.5, 0.6) is 11.5 Å². The molecule has 2 aromatic rings. The third-order valence-electron chi connectivity index (χ3n) is 2.40. The van der Waals surface area contributed by atoms with Crippen LogP contribution in [-0.2, 0) is 4.84 Å². The SMILES string of the molecule is CO/N=C(\C#N)c1ccccc1Oc1ccccc1. The summed E-state index contributed by atoms with van der Waals surface area (Å²) in [6.45, 7) is 0. The standard InChI is InChI=1S/C15H12N2O2/c1-18-17-14(11-16)13-9-5-6-10-15(13)19-12-7-3-2-4-8-12/h2-10H,1H3/b17-14+. The molecule has 0 fully saturated rings. The first-order valence-electron chi connectivity index (χ1n) is 5.68. The van der Waals surface area contributed by atoms with E-state index in [2.05, 4.69) is 9.99 Å². The Morgan fingerprint density at radius 1 is 1.05 bits per heavy atom. The molecule has 0 aromatic heterocycles. The Balaban J connectivity index is 2.37. The highest BCUT2D eigenvalue weighted by Crippen LogP contribution is 2.25. The number of ether oxygens (including phenoxy) is 1. The normalized spacial score (nSPS) is 10.6. The third-order valence-corrected chi connectivity index (χ3v) is 2.40. The predicted molar refractivity (Wildman–Crippen MR) is 72.1 cm³/mol. The first-order chi connectivity index (χ1) is 9.35. The highest BCUT2D eigenvalue weighted by molar-refractivity contribution is 6.13. The van der Waals surface area contributed by atoms with E-state index in [4.69, 9.17) is 10.00 Å². The van der Waals surface area contributed by atoms with Gasteiger partial charge in [-0.05, 0) is 24.3 Å². The molecule has 0 amide bonds. The predicted octanol–water partition coefficient (Wildman–Crippen LogP) is 3.35. The van der Waals surface area contributed by atoms with Crippen LogP contribution >= 0.6 is 0 Å². The molecular formula is C15H12N2O2. The van der Waals surface area contributed by atoms with Crippen molar-refractivity contribution in [3.63, 3.8) is 0 Å². The van der Waals surface area contributed by atoms with Gasteiger partial charge in [-0.1, -0.05) is 35.5 Å². The first kappa shape index (κ1) is 12.7. The Hall–Kier alpha value is -2.80. The summed E-state index contributed by atoms with van der Waals surface area (Å²) in [5, 5.41) is 12.8. The maximum Gasteiger partial charge on any atom is 0.190 e. The van der Waals surface area contributed by atoms with Crippen LogP contribution in [0.3, 0.4) is 0 Å². The van der Waals surface area contributed by atoms with Gasteiger partial charge in [-0.2, -0.15) is 5.26 Å². The minimum Gasteiger partial charge on any atom is -0.457 e. The lowest BCUT2D eigenvalue weighted by molar-refractivity contribution is 0.214. The number of para-hydroxylation sites is 2. The van der Waals surface area contributed by atoms with E-state index >= 15 is 0 Å². The fraction of sp³-hybridized carbons (Fsp3) is 0.0667. The van der Waals surface area contributed by atoms with Crippen LogP contribution < -0.4 is 4.74 Å². The molecule has 0 bridgehead atoms. The quantitative estimate of drug-likeness (QED) is 0.619. The van der Waals surface area contributed by atoms with Crippen molar-refractivity contribution in [2.45, 2.75) is 0 Å². The zero-order valence-electron chi connectivity index (χ0n) is 10.4. The Labute approximate surface area is 111 Å². The van der Waals surface area contributed by atoms with E-state index in [9.17, 15) is 0 Å². The van der Waals surface area contributed by atoms with Crippen molar-refractivity contribution in [3.05, 3.63) is 60.2 Å². The summed E-state index contributed by atoms with van der Waals surface area (Å²) < 4.78 is 5.75. The molecule has 0 atom stereocenters. The van der Waals surface area contributed by atoms with Crippen molar-refractivity contribution in [1.82, 2.24) is 0 Å². The highest BCUT2D eigenvalue weighted by Gasteiger charge is 2.11. The number of hydrogen-bond acceptors (Lipinski definition) is 4. The molecule has 4 heteroatoms. The number of hydrogen-bond donors (Lipinski definition) is 0. The summed E-state index contributed by atoms with van der Waals surface area (Å²) in [6.07, 6.45) is 0. The lowest BCUT2D eigenvalue weighted by atomic mass is 10.1. The molecule has 4 nitrogen and oxygen atoms in total. The van der Waals surface area contributed by atoms with Crippen LogP contribution in [0.25, 0.3) is 0 Å². The summed E-state index contributed by atoms with van der Waals surface area (Å²) in [6, 6.07) is 18.5. The molecule has 94 valence electrons. The Bertz CT molecular complexity index is 616. The van der Waals surface area contributed by atoms with Gasteiger partial charge in [0.15, 0.2) is 5.71 Å². The van der Waals surface area contributed by atoms with Gasteiger partial charge in [0.2, 0.25) is 0 Å². The number of oxime groups is 1. The molecule has 0 aliphatic carbocycles. The topological polar surface area (TPSA) is 54.6 Å². The Morgan fingerprint density at radius 2 is 1.74 bits per heavy atom. The second-order valence-corrected chi connectivity index (χ2v) is 3.65. The van der Waals surface area contributed by atoms with E-state index in [1.165, 1.54) is 7.11 Å². The van der Waals surface area contributed by atoms with Gasteiger partial charge < -0.3 is 9.57 Å². The number of rotatable bonds is 4. The average Bonchev–Trinajstić information content (AvgIpc) is 2.47. The van der Waals surface area contributed by atoms with E-state index < -0.39 is 0 Å². The smallest absolute Gasteiger partial charge is 0.190 e. The molecule has 0 unspecified atom stereocenters. The van der Waals surface area contributed by atoms with E-state index in [0.717, 1.165) is 0 Å². The number of benzene rings is 2. The van der Waals surface area contributed by atoms with Gasteiger partial charge in [0.05, 0.1) is 5.56 Å². The van der Waals surface area contributed by atoms with E-state index in [1.54, 1.807) is 12.1 Å². The molecule has 19 heavy (non-hydrogen) atoms. The van der Waals surface area contributed by atoms with Crippen LogP contribution in [-0.4, -0.2) is 12.8 Å². The number of nitrogens with zero attached hydrogens (tertiary/aromatic N) is 2. The highest BCUT2D eigenvalue weighted by atomic mass is 16.6. The van der Waals surface area contributed by atoms with Crippen LogP contribution in [0.15, 0.2) is 59.8 Å². The van der Waals surface area contributed by atoms with E-state index in [-0.39, 0.29) is 5.71 Å². The molecule has 0 saturated heterocycles. The second kappa shape index (κ2) is 6.22. The monoisotopic (exact) mass is 252 g/mol. The Morgan fingerprint density at radius 3 is 2.42 bits per heavy atom.